The number of nitrogens with one attached hydrogen (secondary N) is 2. The number of amides is 1. The van der Waals surface area contributed by atoms with Crippen LogP contribution < -0.4 is 15.5 Å². The molecule has 2 aromatic rings. The van der Waals surface area contributed by atoms with E-state index in [1.165, 1.54) is 18.2 Å². The Morgan fingerprint density at radius 1 is 1.15 bits per heavy atom. The number of anilines is 2. The molecule has 1 amide bonds. The molecule has 1 saturated heterocycles. The Morgan fingerprint density at radius 3 is 2.62 bits per heavy atom. The highest BCUT2D eigenvalue weighted by atomic mass is 35.5. The van der Waals surface area contributed by atoms with Crippen LogP contribution in [-0.2, 0) is 4.74 Å². The van der Waals surface area contributed by atoms with E-state index in [-0.39, 0.29) is 10.7 Å². The monoisotopic (exact) mass is 393 g/mol. The van der Waals surface area contributed by atoms with Crippen LogP contribution in [0.3, 0.4) is 0 Å². The minimum Gasteiger partial charge on any atom is -0.378 e. The van der Waals surface area contributed by atoms with Crippen molar-refractivity contribution in [3.63, 3.8) is 0 Å². The molecule has 0 unspecified atom stereocenters. The number of rotatable bonds is 3. The Morgan fingerprint density at radius 2 is 1.88 bits per heavy atom. The van der Waals surface area contributed by atoms with E-state index in [0.29, 0.717) is 37.0 Å². The first-order valence-electron chi connectivity index (χ1n) is 8.04. The van der Waals surface area contributed by atoms with Gasteiger partial charge in [0.15, 0.2) is 5.11 Å². The molecule has 2 N–H and O–H groups in total. The molecule has 0 atom stereocenters. The van der Waals surface area contributed by atoms with Gasteiger partial charge in [-0.05, 0) is 36.5 Å². The second kappa shape index (κ2) is 8.44. The van der Waals surface area contributed by atoms with Crippen LogP contribution in [0.4, 0.5) is 15.8 Å². The van der Waals surface area contributed by atoms with E-state index in [0.717, 1.165) is 5.69 Å². The lowest BCUT2D eigenvalue weighted by Gasteiger charge is -2.31. The molecule has 5 nitrogen and oxygen atoms in total. The molecule has 0 radical (unpaired) electrons. The van der Waals surface area contributed by atoms with Crippen molar-refractivity contribution in [1.82, 2.24) is 5.32 Å². The maximum atomic E-state index is 13.7. The van der Waals surface area contributed by atoms with Gasteiger partial charge in [0.1, 0.15) is 5.82 Å². The summed E-state index contributed by atoms with van der Waals surface area (Å²) in [5, 5.41) is 6.10. The molecule has 1 heterocycles. The van der Waals surface area contributed by atoms with E-state index in [1.54, 1.807) is 18.2 Å². The second-order valence-corrected chi connectivity index (χ2v) is 6.44. The third-order valence-corrected chi connectivity index (χ3v) is 4.42. The molecule has 136 valence electrons. The first kappa shape index (κ1) is 18.6. The number of hydrogen-bond donors (Lipinski definition) is 2. The van der Waals surface area contributed by atoms with Crippen LogP contribution in [0.25, 0.3) is 0 Å². The lowest BCUT2D eigenvalue weighted by molar-refractivity contribution is 0.0974. The number of para-hydroxylation sites is 1. The molecule has 8 heteroatoms. The fourth-order valence-electron chi connectivity index (χ4n) is 2.69. The van der Waals surface area contributed by atoms with Gasteiger partial charge in [-0.15, -0.1) is 0 Å². The van der Waals surface area contributed by atoms with Crippen LogP contribution in [0.5, 0.6) is 0 Å². The summed E-state index contributed by atoms with van der Waals surface area (Å²) in [6.45, 7) is 2.62. The third-order valence-electron chi connectivity index (χ3n) is 3.91. The van der Waals surface area contributed by atoms with Gasteiger partial charge in [-0.2, -0.15) is 0 Å². The first-order chi connectivity index (χ1) is 12.6. The van der Waals surface area contributed by atoms with Gasteiger partial charge in [0.2, 0.25) is 0 Å². The molecular weight excluding hydrogens is 377 g/mol. The van der Waals surface area contributed by atoms with E-state index in [1.807, 2.05) is 6.07 Å². The minimum atomic E-state index is -0.615. The van der Waals surface area contributed by atoms with Crippen molar-refractivity contribution in [3.05, 3.63) is 58.9 Å². The smallest absolute Gasteiger partial charge is 0.260 e. The summed E-state index contributed by atoms with van der Waals surface area (Å²) < 4.78 is 19.1. The topological polar surface area (TPSA) is 53.6 Å². The van der Waals surface area contributed by atoms with Crippen molar-refractivity contribution >= 4 is 46.2 Å². The molecule has 1 fully saturated rings. The van der Waals surface area contributed by atoms with Crippen molar-refractivity contribution in [2.75, 3.05) is 36.5 Å². The number of thiocarbonyl (C=S) groups is 1. The van der Waals surface area contributed by atoms with Crippen molar-refractivity contribution < 1.29 is 13.9 Å². The maximum Gasteiger partial charge on any atom is 0.260 e. The Bertz CT molecular complexity index is 828. The Labute approximate surface area is 161 Å². The molecular formula is C18H17ClFN3O2S. The predicted molar refractivity (Wildman–Crippen MR) is 105 cm³/mol. The quantitative estimate of drug-likeness (QED) is 0.782. The molecule has 0 aromatic heterocycles. The molecule has 3 rings (SSSR count). The minimum absolute atomic E-state index is 0.0648. The number of halogens is 2. The summed E-state index contributed by atoms with van der Waals surface area (Å²) in [6.07, 6.45) is 0. The second-order valence-electron chi connectivity index (χ2n) is 5.62. The molecule has 0 spiro atoms. The van der Waals surface area contributed by atoms with Gasteiger partial charge in [-0.3, -0.25) is 10.1 Å². The zero-order valence-corrected chi connectivity index (χ0v) is 15.4. The highest BCUT2D eigenvalue weighted by molar-refractivity contribution is 7.80. The summed E-state index contributed by atoms with van der Waals surface area (Å²) in [5.41, 5.74) is 1.38. The van der Waals surface area contributed by atoms with Crippen molar-refractivity contribution in [3.8, 4) is 0 Å². The number of hydrogen-bond acceptors (Lipinski definition) is 4. The molecule has 1 aliphatic rings. The van der Waals surface area contributed by atoms with Crippen LogP contribution in [0.15, 0.2) is 42.5 Å². The van der Waals surface area contributed by atoms with Crippen LogP contribution in [0, 0.1) is 5.82 Å². The normalized spacial score (nSPS) is 14.0. The lowest BCUT2D eigenvalue weighted by atomic mass is 10.2. The van der Waals surface area contributed by atoms with Crippen molar-refractivity contribution in [2.24, 2.45) is 0 Å². The lowest BCUT2D eigenvalue weighted by Crippen LogP contribution is -2.38. The van der Waals surface area contributed by atoms with Crippen LogP contribution in [-0.4, -0.2) is 37.3 Å². The van der Waals surface area contributed by atoms with Gasteiger partial charge < -0.3 is 15.0 Å². The van der Waals surface area contributed by atoms with Crippen LogP contribution in [0.2, 0.25) is 5.02 Å². The Balaban J connectivity index is 1.74. The zero-order chi connectivity index (χ0) is 18.5. The fourth-order valence-corrected chi connectivity index (χ4v) is 3.19. The fraction of sp³-hybridized carbons (Fsp3) is 0.222. The largest absolute Gasteiger partial charge is 0.378 e. The van der Waals surface area contributed by atoms with Gasteiger partial charge in [-0.25, -0.2) is 4.39 Å². The van der Waals surface area contributed by atoms with E-state index < -0.39 is 11.7 Å². The summed E-state index contributed by atoms with van der Waals surface area (Å²) >= 11 is 11.6. The number of carbonyl (C=O) groups is 1. The van der Waals surface area contributed by atoms with E-state index in [4.69, 9.17) is 28.6 Å². The number of ether oxygens (including phenoxy) is 1. The molecule has 0 saturated carbocycles. The standard InChI is InChI=1S/C18H17ClFN3O2S/c19-13-5-3-7-15(16(13)23-8-10-25-11-9-23)21-18(26)22-17(24)12-4-1-2-6-14(12)20/h1-7H,8-11H2,(H2,21,22,24,26). The molecule has 26 heavy (non-hydrogen) atoms. The summed E-state index contributed by atoms with van der Waals surface area (Å²) in [6, 6.07) is 11.1. The average Bonchev–Trinajstić information content (AvgIpc) is 2.62. The molecule has 2 aromatic carbocycles. The summed E-state index contributed by atoms with van der Waals surface area (Å²) in [5.74, 6) is -1.22. The number of nitrogens with zero attached hydrogens (tertiary/aromatic N) is 1. The highest BCUT2D eigenvalue weighted by Crippen LogP contribution is 2.34. The van der Waals surface area contributed by atoms with Gasteiger partial charge in [0.05, 0.1) is 35.2 Å². The van der Waals surface area contributed by atoms with Gasteiger partial charge in [0.25, 0.3) is 5.91 Å². The van der Waals surface area contributed by atoms with Gasteiger partial charge >= 0.3 is 0 Å². The summed E-state index contributed by atoms with van der Waals surface area (Å²) in [7, 11) is 0. The van der Waals surface area contributed by atoms with Crippen LogP contribution >= 0.6 is 23.8 Å². The SMILES string of the molecule is O=C(NC(=S)Nc1cccc(Cl)c1N1CCOCC1)c1ccccc1F. The average molecular weight is 394 g/mol. The molecule has 0 aliphatic carbocycles. The number of carbonyl (C=O) groups excluding carboxylic acids is 1. The van der Waals surface area contributed by atoms with Gasteiger partial charge in [-0.1, -0.05) is 29.8 Å². The van der Waals surface area contributed by atoms with E-state index in [9.17, 15) is 9.18 Å². The Hall–Kier alpha value is -2.22. The van der Waals surface area contributed by atoms with Crippen LogP contribution in [0.1, 0.15) is 10.4 Å². The Kier molecular flexibility index (Phi) is 6.03. The summed E-state index contributed by atoms with van der Waals surface area (Å²) in [4.78, 5) is 14.3. The zero-order valence-electron chi connectivity index (χ0n) is 13.8. The van der Waals surface area contributed by atoms with Gasteiger partial charge in [0, 0.05) is 13.1 Å². The number of benzene rings is 2. The third kappa shape index (κ3) is 4.30. The first-order valence-corrected chi connectivity index (χ1v) is 8.83. The molecule has 1 aliphatic heterocycles. The number of morpholine rings is 1. The predicted octanol–water partition coefficient (Wildman–Crippen LogP) is 3.44. The van der Waals surface area contributed by atoms with Crippen molar-refractivity contribution in [2.45, 2.75) is 0 Å². The maximum absolute atomic E-state index is 13.7. The highest BCUT2D eigenvalue weighted by Gasteiger charge is 2.19. The van der Waals surface area contributed by atoms with Crippen molar-refractivity contribution in [1.29, 1.82) is 0 Å². The molecule has 0 bridgehead atoms. The van der Waals surface area contributed by atoms with E-state index >= 15 is 0 Å². The van der Waals surface area contributed by atoms with E-state index in [2.05, 4.69) is 15.5 Å².